The number of oxazole rings is 1. The molecule has 118 valence electrons. The molecule has 3 aromatic heterocycles. The number of fused-ring (bicyclic) bond motifs is 1. The Morgan fingerprint density at radius 1 is 1.12 bits per heavy atom. The van der Waals surface area contributed by atoms with Gasteiger partial charge in [0.1, 0.15) is 11.3 Å². The van der Waals surface area contributed by atoms with Crippen molar-refractivity contribution >= 4 is 40.1 Å². The van der Waals surface area contributed by atoms with Crippen LogP contribution in [0.4, 0.5) is 5.69 Å². The van der Waals surface area contributed by atoms with Crippen molar-refractivity contribution in [3.8, 4) is 11.3 Å². The van der Waals surface area contributed by atoms with Crippen molar-refractivity contribution in [1.82, 2.24) is 14.4 Å². The zero-order chi connectivity index (χ0) is 16.4. The average molecular weight is 429 g/mol. The van der Waals surface area contributed by atoms with E-state index in [1.165, 1.54) is 6.39 Å². The van der Waals surface area contributed by atoms with Gasteiger partial charge < -0.3 is 8.82 Å². The fourth-order valence-corrected chi connectivity index (χ4v) is 2.77. The van der Waals surface area contributed by atoms with Crippen LogP contribution in [0.3, 0.4) is 0 Å². The number of imidazole rings is 1. The summed E-state index contributed by atoms with van der Waals surface area (Å²) in [5.41, 5.74) is 6.54. The number of rotatable bonds is 4. The summed E-state index contributed by atoms with van der Waals surface area (Å²) < 4.78 is 8.40. The highest BCUT2D eigenvalue weighted by molar-refractivity contribution is 14.1. The van der Waals surface area contributed by atoms with Gasteiger partial charge in [0.25, 0.3) is 0 Å². The van der Waals surface area contributed by atoms with Crippen molar-refractivity contribution in [3.63, 3.8) is 0 Å². The Labute approximate surface area is 151 Å². The number of aromatic nitrogens is 3. The maximum atomic E-state index is 5.26. The van der Waals surface area contributed by atoms with Crippen LogP contribution in [0.2, 0.25) is 0 Å². The molecule has 1 N–H and O–H groups in total. The number of hydrogen-bond donors (Lipinski definition) is 1. The molecule has 0 aliphatic rings. The van der Waals surface area contributed by atoms with Crippen molar-refractivity contribution in [1.29, 1.82) is 0 Å². The minimum absolute atomic E-state index is 0.740. The first-order chi connectivity index (χ1) is 11.8. The number of nitrogens with zero attached hydrogens (tertiary/aromatic N) is 4. The predicted octanol–water partition coefficient (Wildman–Crippen LogP) is 4.04. The zero-order valence-electron chi connectivity index (χ0n) is 12.4. The zero-order valence-corrected chi connectivity index (χ0v) is 14.6. The van der Waals surface area contributed by atoms with Gasteiger partial charge >= 0.3 is 0 Å². The van der Waals surface area contributed by atoms with E-state index < -0.39 is 0 Å². The van der Waals surface area contributed by atoms with Gasteiger partial charge in [0.2, 0.25) is 0 Å². The number of benzene rings is 1. The van der Waals surface area contributed by atoms with Gasteiger partial charge in [-0.15, -0.1) is 0 Å². The van der Waals surface area contributed by atoms with Crippen LogP contribution in [0.5, 0.6) is 0 Å². The lowest BCUT2D eigenvalue weighted by atomic mass is 10.2. The van der Waals surface area contributed by atoms with Crippen LogP contribution in [0, 0.1) is 3.57 Å². The molecule has 0 spiro atoms. The summed E-state index contributed by atoms with van der Waals surface area (Å²) in [5.74, 6) is 0.740. The molecule has 0 amide bonds. The molecular formula is C17H12IN5O. The maximum absolute atomic E-state index is 5.26. The smallest absolute Gasteiger partial charge is 0.181 e. The Bertz CT molecular complexity index is 990. The molecule has 0 unspecified atom stereocenters. The molecule has 0 aliphatic heterocycles. The number of pyridine rings is 1. The molecule has 0 radical (unpaired) electrons. The number of nitrogens with one attached hydrogen (secondary N) is 1. The van der Waals surface area contributed by atoms with Crippen molar-refractivity contribution < 1.29 is 4.42 Å². The van der Waals surface area contributed by atoms with Crippen LogP contribution in [0.15, 0.2) is 70.9 Å². The fourth-order valence-electron chi connectivity index (χ4n) is 2.29. The third kappa shape index (κ3) is 3.16. The van der Waals surface area contributed by atoms with Crippen LogP contribution >= 0.6 is 22.6 Å². The molecule has 0 saturated heterocycles. The Morgan fingerprint density at radius 2 is 2.00 bits per heavy atom. The van der Waals surface area contributed by atoms with E-state index in [0.29, 0.717) is 0 Å². The summed E-state index contributed by atoms with van der Waals surface area (Å²) in [5, 5.41) is 4.23. The standard InChI is InChI=1S/C17H12IN5O/c18-13-3-6-17-21-15(10-23(17)9-13)7-20-22-14-4-1-12(2-5-14)16-8-19-11-24-16/h1-11,22H/b20-7+. The molecule has 1 aromatic carbocycles. The molecule has 0 bridgehead atoms. The van der Waals surface area contributed by atoms with Crippen LogP contribution in [0.1, 0.15) is 5.69 Å². The highest BCUT2D eigenvalue weighted by Crippen LogP contribution is 2.20. The van der Waals surface area contributed by atoms with E-state index in [0.717, 1.165) is 31.9 Å². The largest absolute Gasteiger partial charge is 0.444 e. The van der Waals surface area contributed by atoms with Crippen molar-refractivity contribution in [2.24, 2.45) is 5.10 Å². The second-order valence-corrected chi connectivity index (χ2v) is 6.34. The number of anilines is 1. The second-order valence-electron chi connectivity index (χ2n) is 5.09. The SMILES string of the molecule is Ic1ccc2nc(/C=N/Nc3ccc(-c4cnco4)cc3)cn2c1. The Morgan fingerprint density at radius 3 is 2.79 bits per heavy atom. The normalized spacial score (nSPS) is 11.4. The third-order valence-electron chi connectivity index (χ3n) is 3.43. The Hall–Kier alpha value is -2.68. The molecule has 6 nitrogen and oxygen atoms in total. The fraction of sp³-hybridized carbons (Fsp3) is 0. The van der Waals surface area contributed by atoms with E-state index in [4.69, 9.17) is 4.42 Å². The van der Waals surface area contributed by atoms with Crippen molar-refractivity contribution in [2.45, 2.75) is 0 Å². The topological polar surface area (TPSA) is 67.7 Å². The van der Waals surface area contributed by atoms with Gasteiger partial charge in [-0.2, -0.15) is 5.10 Å². The van der Waals surface area contributed by atoms with Crippen LogP contribution in [0.25, 0.3) is 17.0 Å². The Balaban J connectivity index is 1.46. The summed E-state index contributed by atoms with van der Waals surface area (Å²) >= 11 is 2.27. The predicted molar refractivity (Wildman–Crippen MR) is 101 cm³/mol. The minimum Gasteiger partial charge on any atom is -0.444 e. The quantitative estimate of drug-likeness (QED) is 0.302. The number of hydrogen-bond acceptors (Lipinski definition) is 5. The molecule has 3 heterocycles. The van der Waals surface area contributed by atoms with Gasteiger partial charge in [-0.3, -0.25) is 5.43 Å². The number of halogens is 1. The first-order valence-electron chi connectivity index (χ1n) is 7.20. The van der Waals surface area contributed by atoms with Crippen LogP contribution in [-0.4, -0.2) is 20.6 Å². The summed E-state index contributed by atoms with van der Waals surface area (Å²) in [6.45, 7) is 0. The molecule has 0 saturated carbocycles. The van der Waals surface area contributed by atoms with E-state index in [1.54, 1.807) is 12.4 Å². The minimum atomic E-state index is 0.740. The molecule has 0 aliphatic carbocycles. The second kappa shape index (κ2) is 6.44. The average Bonchev–Trinajstić information content (AvgIpc) is 3.24. The van der Waals surface area contributed by atoms with E-state index in [-0.39, 0.29) is 0 Å². The van der Waals surface area contributed by atoms with E-state index in [1.807, 2.05) is 53.2 Å². The summed E-state index contributed by atoms with van der Waals surface area (Å²) in [4.78, 5) is 8.40. The lowest BCUT2D eigenvalue weighted by Gasteiger charge is -2.00. The van der Waals surface area contributed by atoms with Gasteiger partial charge in [-0.1, -0.05) is 0 Å². The molecule has 24 heavy (non-hydrogen) atoms. The van der Waals surface area contributed by atoms with Crippen LogP contribution in [-0.2, 0) is 0 Å². The molecule has 0 atom stereocenters. The molecule has 4 rings (SSSR count). The first-order valence-corrected chi connectivity index (χ1v) is 8.28. The van der Waals surface area contributed by atoms with E-state index in [2.05, 4.69) is 43.1 Å². The number of hydrazone groups is 1. The third-order valence-corrected chi connectivity index (χ3v) is 4.06. The summed E-state index contributed by atoms with van der Waals surface area (Å²) in [6, 6.07) is 11.8. The van der Waals surface area contributed by atoms with Gasteiger partial charge in [0.15, 0.2) is 12.2 Å². The van der Waals surface area contributed by atoms with Gasteiger partial charge in [0, 0.05) is 21.5 Å². The van der Waals surface area contributed by atoms with Gasteiger partial charge in [-0.05, 0) is 59.0 Å². The molecule has 0 fully saturated rings. The monoisotopic (exact) mass is 429 g/mol. The van der Waals surface area contributed by atoms with Crippen LogP contribution < -0.4 is 5.43 Å². The van der Waals surface area contributed by atoms with E-state index in [9.17, 15) is 0 Å². The Kier molecular flexibility index (Phi) is 3.99. The summed E-state index contributed by atoms with van der Waals surface area (Å²) in [6.07, 6.45) is 8.77. The lowest BCUT2D eigenvalue weighted by Crippen LogP contribution is -1.90. The van der Waals surface area contributed by atoms with Crippen molar-refractivity contribution in [2.75, 3.05) is 5.43 Å². The highest BCUT2D eigenvalue weighted by Gasteiger charge is 2.01. The lowest BCUT2D eigenvalue weighted by molar-refractivity contribution is 0.572. The highest BCUT2D eigenvalue weighted by atomic mass is 127. The first kappa shape index (κ1) is 14.9. The maximum Gasteiger partial charge on any atom is 0.181 e. The molecule has 4 aromatic rings. The molecule has 7 heteroatoms. The van der Waals surface area contributed by atoms with E-state index >= 15 is 0 Å². The molecular weight excluding hydrogens is 417 g/mol. The van der Waals surface area contributed by atoms with Crippen molar-refractivity contribution in [3.05, 3.63) is 70.6 Å². The summed E-state index contributed by atoms with van der Waals surface area (Å²) in [7, 11) is 0. The van der Waals surface area contributed by atoms with Gasteiger partial charge in [-0.25, -0.2) is 9.97 Å². The van der Waals surface area contributed by atoms with Gasteiger partial charge in [0.05, 0.1) is 18.1 Å².